The molecule has 0 unspecified atom stereocenters. The maximum Gasteiger partial charge on any atom is 0.573 e. The number of nitrogens with zero attached hydrogens (tertiary/aromatic N) is 3. The summed E-state index contributed by atoms with van der Waals surface area (Å²) in [6.45, 7) is 5.17. The third kappa shape index (κ3) is 6.02. The number of anilines is 1. The van der Waals surface area contributed by atoms with Crippen molar-refractivity contribution in [3.63, 3.8) is 0 Å². The molecule has 0 atom stereocenters. The highest BCUT2D eigenvalue weighted by molar-refractivity contribution is 5.93. The maximum absolute atomic E-state index is 12.4. The molecule has 0 saturated heterocycles. The number of halogens is 3. The van der Waals surface area contributed by atoms with Gasteiger partial charge in [-0.05, 0) is 18.1 Å². The van der Waals surface area contributed by atoms with Crippen molar-refractivity contribution >= 4 is 11.6 Å². The monoisotopic (exact) mass is 355 g/mol. The lowest BCUT2D eigenvalue weighted by Gasteiger charge is -2.14. The Bertz CT molecular complexity index is 725. The van der Waals surface area contributed by atoms with Crippen LogP contribution in [0.15, 0.2) is 41.7 Å². The maximum atomic E-state index is 12.4. The highest BCUT2D eigenvalue weighted by atomic mass is 19.4. The van der Waals surface area contributed by atoms with Crippen LogP contribution in [0.3, 0.4) is 0 Å². The first-order valence-corrected chi connectivity index (χ1v) is 7.66. The molecule has 0 amide bonds. The van der Waals surface area contributed by atoms with Crippen molar-refractivity contribution in [1.82, 2.24) is 9.55 Å². The van der Waals surface area contributed by atoms with E-state index in [9.17, 15) is 13.2 Å². The van der Waals surface area contributed by atoms with Crippen molar-refractivity contribution in [2.45, 2.75) is 33.3 Å². The Labute approximate surface area is 143 Å². The molecule has 0 fully saturated rings. The van der Waals surface area contributed by atoms with Crippen molar-refractivity contribution in [1.29, 1.82) is 0 Å². The van der Waals surface area contributed by atoms with Gasteiger partial charge in [0.15, 0.2) is 11.7 Å². The van der Waals surface area contributed by atoms with Crippen LogP contribution in [0, 0.1) is 5.92 Å². The summed E-state index contributed by atoms with van der Waals surface area (Å²) in [5.41, 5.74) is 5.85. The SMILES string of the molecule is CC(C)Cn1ccnc1CN=C(N)Nc1ccccc1OC(F)(F)F. The van der Waals surface area contributed by atoms with Gasteiger partial charge in [-0.3, -0.25) is 0 Å². The average molecular weight is 355 g/mol. The number of ether oxygens (including phenoxy) is 1. The van der Waals surface area contributed by atoms with Gasteiger partial charge in [0, 0.05) is 18.9 Å². The molecule has 1 aromatic carbocycles. The van der Waals surface area contributed by atoms with E-state index in [-0.39, 0.29) is 23.9 Å². The van der Waals surface area contributed by atoms with E-state index in [1.54, 1.807) is 12.3 Å². The van der Waals surface area contributed by atoms with Crippen LogP contribution < -0.4 is 15.8 Å². The van der Waals surface area contributed by atoms with Crippen molar-refractivity contribution in [3.8, 4) is 5.75 Å². The minimum Gasteiger partial charge on any atom is -0.404 e. The number of aromatic nitrogens is 2. The van der Waals surface area contributed by atoms with Gasteiger partial charge in [-0.2, -0.15) is 0 Å². The highest BCUT2D eigenvalue weighted by Crippen LogP contribution is 2.29. The Morgan fingerprint density at radius 2 is 2.08 bits per heavy atom. The van der Waals surface area contributed by atoms with Crippen LogP contribution in [-0.4, -0.2) is 21.9 Å². The molecule has 0 saturated carbocycles. The minimum atomic E-state index is -4.79. The van der Waals surface area contributed by atoms with E-state index in [4.69, 9.17) is 5.73 Å². The Morgan fingerprint density at radius 3 is 2.76 bits per heavy atom. The summed E-state index contributed by atoms with van der Waals surface area (Å²) in [5, 5.41) is 2.62. The first-order valence-electron chi connectivity index (χ1n) is 7.66. The van der Waals surface area contributed by atoms with Crippen LogP contribution in [0.5, 0.6) is 5.75 Å². The van der Waals surface area contributed by atoms with Crippen LogP contribution in [0.25, 0.3) is 0 Å². The summed E-state index contributed by atoms with van der Waals surface area (Å²) in [7, 11) is 0. The summed E-state index contributed by atoms with van der Waals surface area (Å²) >= 11 is 0. The number of nitrogens with one attached hydrogen (secondary N) is 1. The van der Waals surface area contributed by atoms with E-state index in [2.05, 4.69) is 33.9 Å². The highest BCUT2D eigenvalue weighted by Gasteiger charge is 2.32. The second-order valence-electron chi connectivity index (χ2n) is 5.76. The van der Waals surface area contributed by atoms with Gasteiger partial charge in [0.25, 0.3) is 0 Å². The Hall–Kier alpha value is -2.71. The number of hydrogen-bond donors (Lipinski definition) is 2. The molecule has 3 N–H and O–H groups in total. The average Bonchev–Trinajstić information content (AvgIpc) is 2.92. The van der Waals surface area contributed by atoms with Gasteiger partial charge in [0.05, 0.1) is 5.69 Å². The van der Waals surface area contributed by atoms with E-state index in [1.165, 1.54) is 18.2 Å². The molecule has 1 heterocycles. The third-order valence-electron chi connectivity index (χ3n) is 3.13. The smallest absolute Gasteiger partial charge is 0.404 e. The Balaban J connectivity index is 2.06. The molecule has 0 aliphatic carbocycles. The van der Waals surface area contributed by atoms with E-state index >= 15 is 0 Å². The van der Waals surface area contributed by atoms with Gasteiger partial charge in [-0.25, -0.2) is 9.98 Å². The zero-order chi connectivity index (χ0) is 18.4. The van der Waals surface area contributed by atoms with Crippen molar-refractivity contribution < 1.29 is 17.9 Å². The van der Waals surface area contributed by atoms with Crippen LogP contribution in [0.4, 0.5) is 18.9 Å². The number of benzene rings is 1. The summed E-state index contributed by atoms with van der Waals surface area (Å²) in [6.07, 6.45) is -1.27. The molecule has 25 heavy (non-hydrogen) atoms. The molecular weight excluding hydrogens is 335 g/mol. The zero-order valence-electron chi connectivity index (χ0n) is 13.9. The quantitative estimate of drug-likeness (QED) is 0.615. The summed E-state index contributed by atoms with van der Waals surface area (Å²) < 4.78 is 43.2. The fourth-order valence-electron chi connectivity index (χ4n) is 2.17. The lowest BCUT2D eigenvalue weighted by molar-refractivity contribution is -0.274. The van der Waals surface area contributed by atoms with E-state index in [0.29, 0.717) is 5.92 Å². The number of nitrogens with two attached hydrogens (primary N) is 1. The number of aliphatic imine (C=N–C) groups is 1. The topological polar surface area (TPSA) is 77.5 Å². The standard InChI is InChI=1S/C16H20F3N5O/c1-11(2)10-24-8-7-21-14(24)9-22-15(20)23-12-5-3-4-6-13(12)25-16(17,18)19/h3-8,11H,9-10H2,1-2H3,(H3,20,22,23). The number of hydrogen-bond acceptors (Lipinski definition) is 3. The van der Waals surface area contributed by atoms with Crippen LogP contribution >= 0.6 is 0 Å². The Kier molecular flexibility index (Phi) is 5.89. The van der Waals surface area contributed by atoms with Gasteiger partial charge in [0.2, 0.25) is 0 Å². The molecule has 0 radical (unpaired) electrons. The Morgan fingerprint density at radius 1 is 1.36 bits per heavy atom. The number of para-hydroxylation sites is 2. The fraction of sp³-hybridized carbons (Fsp3) is 0.375. The van der Waals surface area contributed by atoms with E-state index in [1.807, 2.05) is 10.8 Å². The summed E-state index contributed by atoms with van der Waals surface area (Å²) in [5.74, 6) is 0.754. The van der Waals surface area contributed by atoms with Crippen LogP contribution in [0.1, 0.15) is 19.7 Å². The molecule has 0 aliphatic rings. The predicted molar refractivity (Wildman–Crippen MR) is 89.1 cm³/mol. The second-order valence-corrected chi connectivity index (χ2v) is 5.76. The molecule has 0 aliphatic heterocycles. The lowest BCUT2D eigenvalue weighted by atomic mass is 10.2. The molecule has 1 aromatic heterocycles. The normalized spacial score (nSPS) is 12.5. The minimum absolute atomic E-state index is 0.0303. The molecular formula is C16H20F3N5O. The number of alkyl halides is 3. The largest absolute Gasteiger partial charge is 0.573 e. The van der Waals surface area contributed by atoms with Crippen molar-refractivity contribution in [2.24, 2.45) is 16.6 Å². The first kappa shape index (κ1) is 18.6. The van der Waals surface area contributed by atoms with E-state index < -0.39 is 6.36 Å². The molecule has 9 heteroatoms. The summed E-state index contributed by atoms with van der Waals surface area (Å²) in [6, 6.07) is 5.61. The molecule has 6 nitrogen and oxygen atoms in total. The van der Waals surface area contributed by atoms with Gasteiger partial charge < -0.3 is 20.4 Å². The van der Waals surface area contributed by atoms with Crippen molar-refractivity contribution in [2.75, 3.05) is 5.32 Å². The second kappa shape index (κ2) is 7.91. The molecule has 0 bridgehead atoms. The van der Waals surface area contributed by atoms with E-state index in [0.717, 1.165) is 12.4 Å². The van der Waals surface area contributed by atoms with Gasteiger partial charge >= 0.3 is 6.36 Å². The predicted octanol–water partition coefficient (Wildman–Crippen LogP) is 3.36. The lowest BCUT2D eigenvalue weighted by Crippen LogP contribution is -2.24. The summed E-state index contributed by atoms with van der Waals surface area (Å²) in [4.78, 5) is 8.34. The molecule has 2 aromatic rings. The zero-order valence-corrected chi connectivity index (χ0v) is 13.9. The fourth-order valence-corrected chi connectivity index (χ4v) is 2.17. The number of rotatable bonds is 6. The van der Waals surface area contributed by atoms with Gasteiger partial charge in [-0.1, -0.05) is 26.0 Å². The van der Waals surface area contributed by atoms with Crippen LogP contribution in [0.2, 0.25) is 0 Å². The van der Waals surface area contributed by atoms with Crippen LogP contribution in [-0.2, 0) is 13.1 Å². The molecule has 0 spiro atoms. The number of guanidine groups is 1. The molecule has 2 rings (SSSR count). The van der Waals surface area contributed by atoms with Gasteiger partial charge in [0.1, 0.15) is 12.4 Å². The number of imidazole rings is 1. The first-order chi connectivity index (χ1) is 11.7. The third-order valence-corrected chi connectivity index (χ3v) is 3.13. The molecule has 136 valence electrons. The van der Waals surface area contributed by atoms with Crippen molar-refractivity contribution in [3.05, 3.63) is 42.5 Å². The van der Waals surface area contributed by atoms with Gasteiger partial charge in [-0.15, -0.1) is 13.2 Å².